The molecule has 1 aromatic heterocycles. The van der Waals surface area contributed by atoms with Gasteiger partial charge in [-0.25, -0.2) is 0 Å². The highest BCUT2D eigenvalue weighted by Crippen LogP contribution is 2.40. The van der Waals surface area contributed by atoms with E-state index in [1.807, 2.05) is 42.6 Å². The highest BCUT2D eigenvalue weighted by atomic mass is 32.2. The molecule has 1 atom stereocenters. The number of hydrogen-bond donors (Lipinski definition) is 0. The highest BCUT2D eigenvalue weighted by Gasteiger charge is 2.28. The summed E-state index contributed by atoms with van der Waals surface area (Å²) in [6.45, 7) is 2.15. The Morgan fingerprint density at radius 3 is 2.52 bits per heavy atom. The van der Waals surface area contributed by atoms with Crippen molar-refractivity contribution in [3.63, 3.8) is 0 Å². The minimum atomic E-state index is 0.255. The smallest absolute Gasteiger partial charge is 0.164 e. The van der Waals surface area contributed by atoms with E-state index >= 15 is 0 Å². The van der Waals surface area contributed by atoms with Crippen LogP contribution in [0.25, 0.3) is 11.3 Å². The van der Waals surface area contributed by atoms with Gasteiger partial charge in [0.15, 0.2) is 5.78 Å². The summed E-state index contributed by atoms with van der Waals surface area (Å²) in [5, 5.41) is 0. The second kappa shape index (κ2) is 6.85. The molecule has 3 aromatic rings. The zero-order valence-electron chi connectivity index (χ0n) is 14.1. The number of carbonyl (C=O) groups excluding carboxylic acids is 1. The second-order valence-corrected chi connectivity index (χ2v) is 7.65. The fraction of sp³-hybridized carbons (Fsp3) is 0.182. The van der Waals surface area contributed by atoms with Crippen LogP contribution in [0.1, 0.15) is 29.3 Å². The molecule has 0 radical (unpaired) electrons. The Bertz CT molecular complexity index is 906. The standard InChI is InChI=1S/C22H19NOS/c1-15-13-18-17(19-9-5-6-12-23-19)10-11-21(22(18)20(24)14-15)25-16-7-3-2-4-8-16/h2-12,15H,13-14H2,1H3. The number of fused-ring (bicyclic) bond motifs is 1. The molecule has 4 rings (SSSR count). The van der Waals surface area contributed by atoms with Gasteiger partial charge in [-0.1, -0.05) is 49.0 Å². The van der Waals surface area contributed by atoms with Gasteiger partial charge in [-0.15, -0.1) is 0 Å². The molecule has 0 saturated heterocycles. The molecule has 2 aromatic carbocycles. The first kappa shape index (κ1) is 16.1. The average Bonchev–Trinajstić information content (AvgIpc) is 2.63. The number of nitrogens with zero attached hydrogens (tertiary/aromatic N) is 1. The number of benzene rings is 2. The Kier molecular flexibility index (Phi) is 4.41. The lowest BCUT2D eigenvalue weighted by Gasteiger charge is -2.25. The van der Waals surface area contributed by atoms with Crippen LogP contribution in [-0.2, 0) is 6.42 Å². The minimum Gasteiger partial charge on any atom is -0.294 e. The quantitative estimate of drug-likeness (QED) is 0.613. The highest BCUT2D eigenvalue weighted by molar-refractivity contribution is 7.99. The molecule has 3 heteroatoms. The Labute approximate surface area is 152 Å². The lowest BCUT2D eigenvalue weighted by molar-refractivity contribution is 0.0950. The van der Waals surface area contributed by atoms with E-state index in [1.54, 1.807) is 11.8 Å². The molecule has 0 bridgehead atoms. The van der Waals surface area contributed by atoms with Crippen molar-refractivity contribution in [2.45, 2.75) is 29.6 Å². The molecule has 0 saturated carbocycles. The van der Waals surface area contributed by atoms with Gasteiger partial charge in [0.1, 0.15) is 0 Å². The molecular weight excluding hydrogens is 326 g/mol. The van der Waals surface area contributed by atoms with Gasteiger partial charge in [-0.2, -0.15) is 0 Å². The number of carbonyl (C=O) groups is 1. The molecule has 25 heavy (non-hydrogen) atoms. The van der Waals surface area contributed by atoms with Crippen molar-refractivity contribution >= 4 is 17.5 Å². The third-order valence-electron chi connectivity index (χ3n) is 4.55. The van der Waals surface area contributed by atoms with Crippen molar-refractivity contribution in [2.75, 3.05) is 0 Å². The summed E-state index contributed by atoms with van der Waals surface area (Å²) >= 11 is 1.67. The number of aromatic nitrogens is 1. The fourth-order valence-electron chi connectivity index (χ4n) is 3.45. The fourth-order valence-corrected chi connectivity index (χ4v) is 4.47. The first-order valence-corrected chi connectivity index (χ1v) is 9.37. The van der Waals surface area contributed by atoms with E-state index in [1.165, 1.54) is 0 Å². The zero-order chi connectivity index (χ0) is 17.2. The summed E-state index contributed by atoms with van der Waals surface area (Å²) in [5.74, 6) is 0.629. The third-order valence-corrected chi connectivity index (χ3v) is 5.62. The molecule has 1 unspecified atom stereocenters. The van der Waals surface area contributed by atoms with Crippen LogP contribution in [0, 0.1) is 5.92 Å². The van der Waals surface area contributed by atoms with Gasteiger partial charge in [-0.05, 0) is 48.2 Å². The van der Waals surface area contributed by atoms with Crippen LogP contribution >= 0.6 is 11.8 Å². The van der Waals surface area contributed by atoms with E-state index in [-0.39, 0.29) is 5.78 Å². The molecule has 0 spiro atoms. The zero-order valence-corrected chi connectivity index (χ0v) is 14.9. The monoisotopic (exact) mass is 345 g/mol. The summed E-state index contributed by atoms with van der Waals surface area (Å²) in [7, 11) is 0. The number of Topliss-reactive ketones (excluding diaryl/α,β-unsaturated/α-hetero) is 1. The van der Waals surface area contributed by atoms with Crippen LogP contribution in [0.5, 0.6) is 0 Å². The third kappa shape index (κ3) is 3.24. The van der Waals surface area contributed by atoms with Crippen LogP contribution in [0.15, 0.2) is 76.7 Å². The van der Waals surface area contributed by atoms with E-state index in [2.05, 4.69) is 36.2 Å². The number of rotatable bonds is 3. The second-order valence-electron chi connectivity index (χ2n) is 6.53. The molecular formula is C22H19NOS. The van der Waals surface area contributed by atoms with Gasteiger partial charge >= 0.3 is 0 Å². The lowest BCUT2D eigenvalue weighted by atomic mass is 9.81. The van der Waals surface area contributed by atoms with Crippen LogP contribution in [0.2, 0.25) is 0 Å². The van der Waals surface area contributed by atoms with E-state index < -0.39 is 0 Å². The van der Waals surface area contributed by atoms with E-state index in [0.29, 0.717) is 12.3 Å². The summed E-state index contributed by atoms with van der Waals surface area (Å²) in [5.41, 5.74) is 4.09. The molecule has 0 N–H and O–H groups in total. The van der Waals surface area contributed by atoms with Gasteiger partial charge in [0.2, 0.25) is 0 Å². The number of hydrogen-bond acceptors (Lipinski definition) is 3. The van der Waals surface area contributed by atoms with Crippen molar-refractivity contribution in [2.24, 2.45) is 5.92 Å². The van der Waals surface area contributed by atoms with Crippen molar-refractivity contribution in [1.29, 1.82) is 0 Å². The SMILES string of the molecule is CC1CC(=O)c2c(Sc3ccccc3)ccc(-c3ccccn3)c2C1. The van der Waals surface area contributed by atoms with E-state index in [9.17, 15) is 4.79 Å². The van der Waals surface area contributed by atoms with Crippen molar-refractivity contribution in [3.05, 3.63) is 78.0 Å². The Morgan fingerprint density at radius 2 is 1.76 bits per heavy atom. The average molecular weight is 345 g/mol. The number of ketones is 1. The van der Waals surface area contributed by atoms with Gasteiger partial charge in [-0.3, -0.25) is 9.78 Å². The first-order valence-electron chi connectivity index (χ1n) is 8.56. The molecule has 1 aliphatic rings. The Balaban J connectivity index is 1.85. The molecule has 0 amide bonds. The van der Waals surface area contributed by atoms with Crippen LogP contribution in [0.4, 0.5) is 0 Å². The Hall–Kier alpha value is -2.39. The maximum absolute atomic E-state index is 12.9. The molecule has 124 valence electrons. The topological polar surface area (TPSA) is 30.0 Å². The van der Waals surface area contributed by atoms with Crippen LogP contribution < -0.4 is 0 Å². The molecule has 1 heterocycles. The predicted octanol–water partition coefficient (Wildman–Crippen LogP) is 5.66. The number of pyridine rings is 1. The minimum absolute atomic E-state index is 0.255. The van der Waals surface area contributed by atoms with Crippen molar-refractivity contribution in [1.82, 2.24) is 4.98 Å². The van der Waals surface area contributed by atoms with E-state index in [4.69, 9.17) is 0 Å². The van der Waals surface area contributed by atoms with Gasteiger partial charge in [0.25, 0.3) is 0 Å². The normalized spacial score (nSPS) is 16.5. The lowest BCUT2D eigenvalue weighted by Crippen LogP contribution is -2.20. The van der Waals surface area contributed by atoms with E-state index in [0.717, 1.165) is 38.6 Å². The van der Waals surface area contributed by atoms with Crippen molar-refractivity contribution < 1.29 is 4.79 Å². The molecule has 0 aliphatic heterocycles. The first-order chi connectivity index (χ1) is 12.2. The van der Waals surface area contributed by atoms with Crippen LogP contribution in [-0.4, -0.2) is 10.8 Å². The Morgan fingerprint density at radius 1 is 0.960 bits per heavy atom. The molecule has 2 nitrogen and oxygen atoms in total. The van der Waals surface area contributed by atoms with Gasteiger partial charge in [0.05, 0.1) is 5.69 Å². The van der Waals surface area contributed by atoms with Gasteiger partial charge in [0, 0.05) is 33.5 Å². The summed E-state index contributed by atoms with van der Waals surface area (Å²) in [6, 6.07) is 20.4. The summed E-state index contributed by atoms with van der Waals surface area (Å²) in [6.07, 6.45) is 3.36. The predicted molar refractivity (Wildman–Crippen MR) is 102 cm³/mol. The van der Waals surface area contributed by atoms with Gasteiger partial charge < -0.3 is 0 Å². The maximum atomic E-state index is 12.9. The maximum Gasteiger partial charge on any atom is 0.164 e. The molecule has 0 fully saturated rings. The molecule has 1 aliphatic carbocycles. The summed E-state index contributed by atoms with van der Waals surface area (Å²) < 4.78 is 0. The largest absolute Gasteiger partial charge is 0.294 e. The van der Waals surface area contributed by atoms with Crippen molar-refractivity contribution in [3.8, 4) is 11.3 Å². The summed E-state index contributed by atoms with van der Waals surface area (Å²) in [4.78, 5) is 19.6. The van der Waals surface area contributed by atoms with Crippen LogP contribution in [0.3, 0.4) is 0 Å².